The van der Waals surface area contributed by atoms with Crippen LogP contribution in [0.4, 0.5) is 0 Å². The van der Waals surface area contributed by atoms with Crippen LogP contribution < -0.4 is 0 Å². The largest absolute Gasteiger partial charge is 0.305 e. The van der Waals surface area contributed by atoms with Gasteiger partial charge in [-0.25, -0.2) is 0 Å². The van der Waals surface area contributed by atoms with E-state index in [9.17, 15) is 0 Å². The summed E-state index contributed by atoms with van der Waals surface area (Å²) in [6.45, 7) is 6.08. The Morgan fingerprint density at radius 1 is 1.29 bits per heavy atom. The summed E-state index contributed by atoms with van der Waals surface area (Å²) < 4.78 is 0. The second kappa shape index (κ2) is 4.75. The first-order valence-electron chi connectivity index (χ1n) is 4.96. The average Bonchev–Trinajstić information content (AvgIpc) is 2.20. The average molecular weight is 187 g/mol. The van der Waals surface area contributed by atoms with Gasteiger partial charge in [-0.2, -0.15) is 0 Å². The van der Waals surface area contributed by atoms with Crippen molar-refractivity contribution < 1.29 is 0 Å². The molecule has 1 N–H and O–H groups in total. The molecule has 0 bridgehead atoms. The summed E-state index contributed by atoms with van der Waals surface area (Å²) in [5.74, 6) is 0. The van der Waals surface area contributed by atoms with Gasteiger partial charge in [-0.05, 0) is 31.4 Å². The molecule has 0 aliphatic heterocycles. The van der Waals surface area contributed by atoms with Crippen molar-refractivity contribution in [2.45, 2.75) is 27.2 Å². The maximum atomic E-state index is 7.67. The van der Waals surface area contributed by atoms with E-state index < -0.39 is 0 Å². The van der Waals surface area contributed by atoms with Gasteiger partial charge in [0.05, 0.1) is 0 Å². The fraction of sp³-hybridized carbons (Fsp3) is 0.308. The minimum Gasteiger partial charge on any atom is -0.305 e. The minimum absolute atomic E-state index is 0.713. The van der Waals surface area contributed by atoms with Crippen molar-refractivity contribution in [3.05, 3.63) is 41.0 Å². The zero-order valence-corrected chi connectivity index (χ0v) is 9.09. The third kappa shape index (κ3) is 2.84. The Hall–Kier alpha value is -1.37. The lowest BCUT2D eigenvalue weighted by molar-refractivity contribution is 1.23. The maximum Gasteiger partial charge on any atom is 0.0340 e. The Balaban J connectivity index is 2.86. The normalized spacial score (nSPS) is 11.5. The first-order valence-corrected chi connectivity index (χ1v) is 4.96. The van der Waals surface area contributed by atoms with Gasteiger partial charge in [0, 0.05) is 5.71 Å². The van der Waals surface area contributed by atoms with Gasteiger partial charge in [0.1, 0.15) is 0 Å². The Morgan fingerprint density at radius 2 is 1.86 bits per heavy atom. The van der Waals surface area contributed by atoms with Gasteiger partial charge in [0.2, 0.25) is 0 Å². The number of hydrogen-bond acceptors (Lipinski definition) is 1. The molecule has 1 aromatic rings. The van der Waals surface area contributed by atoms with Crippen LogP contribution in [-0.4, -0.2) is 5.71 Å². The van der Waals surface area contributed by atoms with E-state index >= 15 is 0 Å². The summed E-state index contributed by atoms with van der Waals surface area (Å²) >= 11 is 0. The monoisotopic (exact) mass is 187 g/mol. The summed E-state index contributed by atoms with van der Waals surface area (Å²) in [6, 6.07) is 8.35. The summed E-state index contributed by atoms with van der Waals surface area (Å²) in [6.07, 6.45) is 2.86. The topological polar surface area (TPSA) is 23.9 Å². The van der Waals surface area contributed by atoms with Crippen molar-refractivity contribution in [3.8, 4) is 0 Å². The Morgan fingerprint density at radius 3 is 2.36 bits per heavy atom. The molecule has 1 nitrogen and oxygen atoms in total. The Labute approximate surface area is 86.0 Å². The lowest BCUT2D eigenvalue weighted by Crippen LogP contribution is -1.94. The number of hydrogen-bond donors (Lipinski definition) is 1. The summed E-state index contributed by atoms with van der Waals surface area (Å²) in [5.41, 5.74) is 4.21. The van der Waals surface area contributed by atoms with Crippen LogP contribution in [0.5, 0.6) is 0 Å². The SMILES string of the molecule is CCC(=N)/C(C)=C/c1ccc(C)cc1. The molecule has 74 valence electrons. The van der Waals surface area contributed by atoms with Gasteiger partial charge in [-0.3, -0.25) is 0 Å². The first kappa shape index (κ1) is 10.7. The lowest BCUT2D eigenvalue weighted by Gasteiger charge is -2.01. The van der Waals surface area contributed by atoms with Crippen molar-refractivity contribution >= 4 is 11.8 Å². The van der Waals surface area contributed by atoms with Crippen molar-refractivity contribution in [1.82, 2.24) is 0 Å². The van der Waals surface area contributed by atoms with E-state index in [2.05, 4.69) is 37.3 Å². The molecule has 0 fully saturated rings. The highest BCUT2D eigenvalue weighted by Crippen LogP contribution is 2.09. The molecule has 0 saturated heterocycles. The van der Waals surface area contributed by atoms with Gasteiger partial charge in [0.15, 0.2) is 0 Å². The molecule has 0 amide bonds. The quantitative estimate of drug-likeness (QED) is 0.695. The predicted octanol–water partition coefficient (Wildman–Crippen LogP) is 3.83. The second-order valence-corrected chi connectivity index (χ2v) is 3.57. The third-order valence-corrected chi connectivity index (χ3v) is 2.29. The molecule has 14 heavy (non-hydrogen) atoms. The van der Waals surface area contributed by atoms with E-state index in [4.69, 9.17) is 5.41 Å². The van der Waals surface area contributed by atoms with E-state index in [1.54, 1.807) is 0 Å². The van der Waals surface area contributed by atoms with Gasteiger partial charge >= 0.3 is 0 Å². The number of aryl methyl sites for hydroxylation is 1. The van der Waals surface area contributed by atoms with E-state index in [1.165, 1.54) is 11.1 Å². The lowest BCUT2D eigenvalue weighted by atomic mass is 10.1. The number of nitrogens with one attached hydrogen (secondary N) is 1. The van der Waals surface area contributed by atoms with Crippen LogP contribution in [0.2, 0.25) is 0 Å². The molecule has 0 heterocycles. The minimum atomic E-state index is 0.713. The molecule has 1 heteroatoms. The molecule has 0 unspecified atom stereocenters. The van der Waals surface area contributed by atoms with Crippen LogP contribution in [0, 0.1) is 12.3 Å². The molecule has 0 spiro atoms. The molecule has 0 saturated carbocycles. The molecular weight excluding hydrogens is 170 g/mol. The molecular formula is C13H17N. The van der Waals surface area contributed by atoms with Crippen LogP contribution in [-0.2, 0) is 0 Å². The van der Waals surface area contributed by atoms with Crippen LogP contribution in [0.3, 0.4) is 0 Å². The van der Waals surface area contributed by atoms with Crippen molar-refractivity contribution in [2.24, 2.45) is 0 Å². The fourth-order valence-electron chi connectivity index (χ4n) is 1.28. The molecule has 1 rings (SSSR count). The zero-order chi connectivity index (χ0) is 10.6. The van der Waals surface area contributed by atoms with Crippen LogP contribution in [0.1, 0.15) is 31.4 Å². The maximum absolute atomic E-state index is 7.67. The van der Waals surface area contributed by atoms with E-state index in [-0.39, 0.29) is 0 Å². The predicted molar refractivity (Wildman–Crippen MR) is 62.8 cm³/mol. The van der Waals surface area contributed by atoms with E-state index in [0.717, 1.165) is 12.0 Å². The third-order valence-electron chi connectivity index (χ3n) is 2.29. The molecule has 0 radical (unpaired) electrons. The highest BCUT2D eigenvalue weighted by atomic mass is 14.4. The number of rotatable bonds is 3. The van der Waals surface area contributed by atoms with Crippen molar-refractivity contribution in [2.75, 3.05) is 0 Å². The standard InChI is InChI=1S/C13H17N/c1-4-13(14)11(3)9-12-7-5-10(2)6-8-12/h5-9,14H,4H2,1-3H3/b11-9+,14-13?. The first-order chi connectivity index (χ1) is 6.63. The van der Waals surface area contributed by atoms with Crippen LogP contribution in [0.25, 0.3) is 6.08 Å². The zero-order valence-electron chi connectivity index (χ0n) is 9.09. The van der Waals surface area contributed by atoms with E-state index in [1.807, 2.05) is 13.8 Å². The molecule has 0 atom stereocenters. The molecule has 0 aliphatic carbocycles. The smallest absolute Gasteiger partial charge is 0.0340 e. The summed E-state index contributed by atoms with van der Waals surface area (Å²) in [7, 11) is 0. The molecule has 1 aromatic carbocycles. The van der Waals surface area contributed by atoms with Gasteiger partial charge < -0.3 is 5.41 Å². The van der Waals surface area contributed by atoms with Gasteiger partial charge in [0.25, 0.3) is 0 Å². The summed E-state index contributed by atoms with van der Waals surface area (Å²) in [5, 5.41) is 7.67. The summed E-state index contributed by atoms with van der Waals surface area (Å²) in [4.78, 5) is 0. The molecule has 0 aromatic heterocycles. The Bertz CT molecular complexity index is 344. The fourth-order valence-corrected chi connectivity index (χ4v) is 1.28. The van der Waals surface area contributed by atoms with Crippen molar-refractivity contribution in [3.63, 3.8) is 0 Å². The highest BCUT2D eigenvalue weighted by molar-refractivity contribution is 6.00. The van der Waals surface area contributed by atoms with Gasteiger partial charge in [-0.15, -0.1) is 0 Å². The van der Waals surface area contributed by atoms with Crippen LogP contribution >= 0.6 is 0 Å². The second-order valence-electron chi connectivity index (χ2n) is 3.57. The number of allylic oxidation sites excluding steroid dienone is 1. The van der Waals surface area contributed by atoms with Gasteiger partial charge in [-0.1, -0.05) is 42.8 Å². The van der Waals surface area contributed by atoms with E-state index in [0.29, 0.717) is 5.71 Å². The Kier molecular flexibility index (Phi) is 3.63. The highest BCUT2D eigenvalue weighted by Gasteiger charge is 1.96. The van der Waals surface area contributed by atoms with Crippen molar-refractivity contribution in [1.29, 1.82) is 5.41 Å². The molecule has 0 aliphatic rings. The number of benzene rings is 1. The van der Waals surface area contributed by atoms with Crippen LogP contribution in [0.15, 0.2) is 29.8 Å².